The van der Waals surface area contributed by atoms with Gasteiger partial charge in [0.25, 0.3) is 0 Å². The van der Waals surface area contributed by atoms with E-state index in [0.29, 0.717) is 5.56 Å². The predicted molar refractivity (Wildman–Crippen MR) is 82.2 cm³/mol. The average molecular weight is 318 g/mol. The van der Waals surface area contributed by atoms with Crippen molar-refractivity contribution >= 4 is 21.7 Å². The Morgan fingerprint density at radius 2 is 1.84 bits per heavy atom. The molecule has 2 rings (SSSR count). The molecule has 0 spiro atoms. The van der Waals surface area contributed by atoms with E-state index in [1.165, 1.54) is 0 Å². The first kappa shape index (κ1) is 13.7. The van der Waals surface area contributed by atoms with Gasteiger partial charge in [0.1, 0.15) is 11.9 Å². The molecule has 3 nitrogen and oxygen atoms in total. The molecule has 0 aliphatic rings. The van der Waals surface area contributed by atoms with Crippen LogP contribution in [-0.4, -0.2) is 18.1 Å². The molecule has 1 N–H and O–H groups in total. The molecule has 0 bridgehead atoms. The van der Waals surface area contributed by atoms with Gasteiger partial charge in [-0.25, -0.2) is 0 Å². The summed E-state index contributed by atoms with van der Waals surface area (Å²) < 4.78 is 1.05. The Bertz CT molecular complexity index is 589. The van der Waals surface area contributed by atoms with Gasteiger partial charge >= 0.3 is 0 Å². The van der Waals surface area contributed by atoms with Crippen molar-refractivity contribution in [2.45, 2.75) is 13.8 Å². The number of nitrogens with zero attached hydrogens (tertiary/aromatic N) is 2. The Morgan fingerprint density at radius 1 is 1.21 bits per heavy atom. The number of aromatic nitrogens is 1. The number of aromatic amines is 1. The van der Waals surface area contributed by atoms with E-state index in [1.807, 2.05) is 30.3 Å². The minimum atomic E-state index is 0.696. The van der Waals surface area contributed by atoms with Gasteiger partial charge in [0.2, 0.25) is 0 Å². The Kier molecular flexibility index (Phi) is 4.28. The van der Waals surface area contributed by atoms with Gasteiger partial charge in [-0.15, -0.1) is 0 Å². The molecule has 0 radical (unpaired) electrons. The fourth-order valence-electron chi connectivity index (χ4n) is 2.10. The molecule has 0 fully saturated rings. The molecule has 0 saturated heterocycles. The minimum absolute atomic E-state index is 0.696. The molecular formula is C15H16BrN3. The number of hydrogen-bond donors (Lipinski definition) is 1. The highest BCUT2D eigenvalue weighted by Gasteiger charge is 2.13. The molecule has 0 atom stereocenters. The van der Waals surface area contributed by atoms with Gasteiger partial charge in [-0.3, -0.25) is 0 Å². The van der Waals surface area contributed by atoms with Crippen LogP contribution in [0, 0.1) is 11.3 Å². The first-order chi connectivity index (χ1) is 9.19. The number of rotatable bonds is 4. The topological polar surface area (TPSA) is 42.8 Å². The third-order valence-electron chi connectivity index (χ3n) is 3.15. The molecule has 1 heterocycles. The maximum atomic E-state index is 9.26. The second-order valence-corrected chi connectivity index (χ2v) is 5.15. The molecule has 4 heteroatoms. The van der Waals surface area contributed by atoms with Crippen LogP contribution in [0.1, 0.15) is 19.4 Å². The Labute approximate surface area is 122 Å². The Hall–Kier alpha value is -1.73. The van der Waals surface area contributed by atoms with Crippen LogP contribution in [0.25, 0.3) is 11.3 Å². The standard InChI is InChI=1S/C15H16BrN3/c1-3-19(4-2)15-12(10-17)9-14(18-15)11-5-7-13(16)8-6-11/h5-9,18H,3-4H2,1-2H3. The van der Waals surface area contributed by atoms with Crippen molar-refractivity contribution in [1.82, 2.24) is 4.98 Å². The smallest absolute Gasteiger partial charge is 0.124 e. The molecule has 0 aliphatic heterocycles. The van der Waals surface area contributed by atoms with Crippen molar-refractivity contribution in [2.75, 3.05) is 18.0 Å². The van der Waals surface area contributed by atoms with E-state index in [1.54, 1.807) is 0 Å². The van der Waals surface area contributed by atoms with E-state index < -0.39 is 0 Å². The van der Waals surface area contributed by atoms with Crippen molar-refractivity contribution in [2.24, 2.45) is 0 Å². The molecule has 1 aromatic carbocycles. The molecule has 1 aromatic heterocycles. The largest absolute Gasteiger partial charge is 0.358 e. The summed E-state index contributed by atoms with van der Waals surface area (Å²) in [6.07, 6.45) is 0. The van der Waals surface area contributed by atoms with Gasteiger partial charge in [0, 0.05) is 23.3 Å². The summed E-state index contributed by atoms with van der Waals surface area (Å²) in [4.78, 5) is 5.51. The molecule has 0 amide bonds. The van der Waals surface area contributed by atoms with Gasteiger partial charge in [0.05, 0.1) is 5.56 Å². The summed E-state index contributed by atoms with van der Waals surface area (Å²) in [5.41, 5.74) is 2.76. The Morgan fingerprint density at radius 3 is 2.37 bits per heavy atom. The van der Waals surface area contributed by atoms with Crippen LogP contribution in [0.3, 0.4) is 0 Å². The second-order valence-electron chi connectivity index (χ2n) is 4.24. The number of nitrogens with one attached hydrogen (secondary N) is 1. The fourth-order valence-corrected chi connectivity index (χ4v) is 2.37. The highest BCUT2D eigenvalue weighted by molar-refractivity contribution is 9.10. The molecule has 0 saturated carbocycles. The zero-order chi connectivity index (χ0) is 13.8. The van der Waals surface area contributed by atoms with Crippen LogP contribution in [0.5, 0.6) is 0 Å². The second kappa shape index (κ2) is 5.94. The van der Waals surface area contributed by atoms with Gasteiger partial charge in [-0.2, -0.15) is 5.26 Å². The number of halogens is 1. The molecule has 19 heavy (non-hydrogen) atoms. The molecule has 0 unspecified atom stereocenters. The summed E-state index contributed by atoms with van der Waals surface area (Å²) in [5, 5.41) is 9.26. The summed E-state index contributed by atoms with van der Waals surface area (Å²) in [5.74, 6) is 0.908. The lowest BCUT2D eigenvalue weighted by Gasteiger charge is -2.19. The highest BCUT2D eigenvalue weighted by atomic mass is 79.9. The minimum Gasteiger partial charge on any atom is -0.358 e. The van der Waals surface area contributed by atoms with Crippen LogP contribution in [-0.2, 0) is 0 Å². The average Bonchev–Trinajstić information content (AvgIpc) is 2.85. The number of nitriles is 1. The van der Waals surface area contributed by atoms with Crippen molar-refractivity contribution in [3.8, 4) is 17.3 Å². The summed E-state index contributed by atoms with van der Waals surface area (Å²) in [6, 6.07) is 12.2. The SMILES string of the molecule is CCN(CC)c1[nH]c(-c2ccc(Br)cc2)cc1C#N. The van der Waals surface area contributed by atoms with Crippen LogP contribution >= 0.6 is 15.9 Å². The lowest BCUT2D eigenvalue weighted by atomic mass is 10.1. The number of H-pyrrole nitrogens is 1. The van der Waals surface area contributed by atoms with Crippen LogP contribution in [0.4, 0.5) is 5.82 Å². The maximum Gasteiger partial charge on any atom is 0.124 e. The van der Waals surface area contributed by atoms with E-state index in [4.69, 9.17) is 0 Å². The van der Waals surface area contributed by atoms with E-state index >= 15 is 0 Å². The van der Waals surface area contributed by atoms with Crippen molar-refractivity contribution in [3.63, 3.8) is 0 Å². The van der Waals surface area contributed by atoms with Gasteiger partial charge in [-0.1, -0.05) is 28.1 Å². The first-order valence-corrected chi connectivity index (χ1v) is 7.12. The summed E-state index contributed by atoms with van der Waals surface area (Å²) in [7, 11) is 0. The third kappa shape index (κ3) is 2.82. The number of anilines is 1. The van der Waals surface area contributed by atoms with E-state index in [0.717, 1.165) is 34.6 Å². The predicted octanol–water partition coefficient (Wildman–Crippen LogP) is 4.16. The zero-order valence-corrected chi connectivity index (χ0v) is 12.7. The van der Waals surface area contributed by atoms with Crippen molar-refractivity contribution in [3.05, 3.63) is 40.4 Å². The highest BCUT2D eigenvalue weighted by Crippen LogP contribution is 2.27. The summed E-state index contributed by atoms with van der Waals surface area (Å²) in [6.45, 7) is 5.94. The number of hydrogen-bond acceptors (Lipinski definition) is 2. The first-order valence-electron chi connectivity index (χ1n) is 6.33. The lowest BCUT2D eigenvalue weighted by molar-refractivity contribution is 0.850. The summed E-state index contributed by atoms with van der Waals surface area (Å²) >= 11 is 3.43. The number of benzene rings is 1. The third-order valence-corrected chi connectivity index (χ3v) is 3.68. The normalized spacial score (nSPS) is 10.2. The quantitative estimate of drug-likeness (QED) is 0.920. The fraction of sp³-hybridized carbons (Fsp3) is 0.267. The molecule has 98 valence electrons. The monoisotopic (exact) mass is 317 g/mol. The maximum absolute atomic E-state index is 9.26. The zero-order valence-electron chi connectivity index (χ0n) is 11.1. The van der Waals surface area contributed by atoms with Crippen LogP contribution in [0.15, 0.2) is 34.8 Å². The Balaban J connectivity index is 2.44. The van der Waals surface area contributed by atoms with E-state index in [9.17, 15) is 5.26 Å². The lowest BCUT2D eigenvalue weighted by Crippen LogP contribution is -2.22. The van der Waals surface area contributed by atoms with Gasteiger partial charge in [0.15, 0.2) is 0 Å². The van der Waals surface area contributed by atoms with Gasteiger partial charge < -0.3 is 9.88 Å². The molecule has 2 aromatic rings. The van der Waals surface area contributed by atoms with Crippen LogP contribution in [0.2, 0.25) is 0 Å². The molecular weight excluding hydrogens is 302 g/mol. The van der Waals surface area contributed by atoms with Crippen LogP contribution < -0.4 is 4.90 Å². The van der Waals surface area contributed by atoms with E-state index in [2.05, 4.69) is 45.7 Å². The van der Waals surface area contributed by atoms with Crippen molar-refractivity contribution in [1.29, 1.82) is 5.26 Å². The molecule has 0 aliphatic carbocycles. The van der Waals surface area contributed by atoms with Crippen molar-refractivity contribution < 1.29 is 0 Å². The van der Waals surface area contributed by atoms with Gasteiger partial charge in [-0.05, 0) is 37.6 Å². The van der Waals surface area contributed by atoms with E-state index in [-0.39, 0.29) is 0 Å².